The highest BCUT2D eigenvalue weighted by atomic mass is 19.1. The Kier molecular flexibility index (Phi) is 4.36. The van der Waals surface area contributed by atoms with Gasteiger partial charge in [-0.1, -0.05) is 0 Å². The van der Waals surface area contributed by atoms with Crippen LogP contribution in [0.1, 0.15) is 25.8 Å². The number of hydrogen-bond donors (Lipinski definition) is 0. The Labute approximate surface area is 104 Å². The number of benzene rings is 1. The van der Waals surface area contributed by atoms with E-state index in [4.69, 9.17) is 4.74 Å². The highest BCUT2D eigenvalue weighted by molar-refractivity contribution is 5.75. The molecule has 1 rings (SSSR count). The molecule has 0 heterocycles. The second-order valence-electron chi connectivity index (χ2n) is 4.16. The van der Waals surface area contributed by atoms with Crippen LogP contribution in [-0.4, -0.2) is 16.8 Å². The Hall–Kier alpha value is -1.98. The standard InChI is InChI=1S/C12H14FNO4/c1-7-4-12(18-9(3)5-8(2)15)10(13)6-11(7)14(16)17/h4,6,9H,5H2,1-3H3. The minimum atomic E-state index is -0.803. The van der Waals surface area contributed by atoms with E-state index in [-0.39, 0.29) is 23.6 Å². The van der Waals surface area contributed by atoms with Crippen LogP contribution in [0.4, 0.5) is 10.1 Å². The van der Waals surface area contributed by atoms with Crippen molar-refractivity contribution in [3.63, 3.8) is 0 Å². The van der Waals surface area contributed by atoms with Gasteiger partial charge in [0.1, 0.15) is 11.9 Å². The van der Waals surface area contributed by atoms with Crippen LogP contribution < -0.4 is 4.74 Å². The summed E-state index contributed by atoms with van der Waals surface area (Å²) in [6.45, 7) is 4.55. The number of halogens is 1. The van der Waals surface area contributed by atoms with Gasteiger partial charge in [-0.25, -0.2) is 4.39 Å². The maximum Gasteiger partial charge on any atom is 0.275 e. The molecular weight excluding hydrogens is 241 g/mol. The normalized spacial score (nSPS) is 12.0. The van der Waals surface area contributed by atoms with Gasteiger partial charge in [-0.05, 0) is 26.8 Å². The summed E-state index contributed by atoms with van der Waals surface area (Å²) in [5.41, 5.74) is 0.0190. The molecule has 0 bridgehead atoms. The molecule has 18 heavy (non-hydrogen) atoms. The van der Waals surface area contributed by atoms with E-state index >= 15 is 0 Å². The topological polar surface area (TPSA) is 69.4 Å². The van der Waals surface area contributed by atoms with Gasteiger partial charge in [0.05, 0.1) is 11.0 Å². The molecule has 1 unspecified atom stereocenters. The van der Waals surface area contributed by atoms with Crippen molar-refractivity contribution in [2.24, 2.45) is 0 Å². The average Bonchev–Trinajstić information content (AvgIpc) is 2.21. The highest BCUT2D eigenvalue weighted by Gasteiger charge is 2.18. The highest BCUT2D eigenvalue weighted by Crippen LogP contribution is 2.27. The van der Waals surface area contributed by atoms with Gasteiger partial charge in [0.15, 0.2) is 11.6 Å². The van der Waals surface area contributed by atoms with Crippen LogP contribution in [0.5, 0.6) is 5.75 Å². The number of ketones is 1. The smallest absolute Gasteiger partial charge is 0.275 e. The van der Waals surface area contributed by atoms with Crippen molar-refractivity contribution in [1.29, 1.82) is 0 Å². The first kappa shape index (κ1) is 14.1. The molecule has 0 aliphatic rings. The Morgan fingerprint density at radius 3 is 2.67 bits per heavy atom. The molecule has 0 aliphatic carbocycles. The van der Waals surface area contributed by atoms with Crippen molar-refractivity contribution in [2.45, 2.75) is 33.3 Å². The van der Waals surface area contributed by atoms with E-state index < -0.39 is 16.8 Å². The van der Waals surface area contributed by atoms with Gasteiger partial charge in [0, 0.05) is 12.0 Å². The van der Waals surface area contributed by atoms with Crippen molar-refractivity contribution in [3.05, 3.63) is 33.6 Å². The molecule has 0 fully saturated rings. The first-order chi connectivity index (χ1) is 8.31. The lowest BCUT2D eigenvalue weighted by molar-refractivity contribution is -0.385. The van der Waals surface area contributed by atoms with Crippen LogP contribution in [0.2, 0.25) is 0 Å². The Morgan fingerprint density at radius 2 is 2.17 bits per heavy atom. The second kappa shape index (κ2) is 5.57. The molecule has 0 amide bonds. The molecular formula is C12H14FNO4. The fraction of sp³-hybridized carbons (Fsp3) is 0.417. The summed E-state index contributed by atoms with van der Waals surface area (Å²) in [5, 5.41) is 10.6. The number of nitro groups is 1. The van der Waals surface area contributed by atoms with Crippen LogP contribution in [-0.2, 0) is 4.79 Å². The van der Waals surface area contributed by atoms with Crippen molar-refractivity contribution in [2.75, 3.05) is 0 Å². The van der Waals surface area contributed by atoms with Crippen molar-refractivity contribution >= 4 is 11.5 Å². The minimum absolute atomic E-state index is 0.0680. The summed E-state index contributed by atoms with van der Waals surface area (Å²) in [7, 11) is 0. The largest absolute Gasteiger partial charge is 0.487 e. The molecule has 0 aromatic heterocycles. The Bertz CT molecular complexity index is 487. The third-order valence-electron chi connectivity index (χ3n) is 2.35. The van der Waals surface area contributed by atoms with Crippen LogP contribution in [0, 0.1) is 22.9 Å². The third kappa shape index (κ3) is 3.51. The van der Waals surface area contributed by atoms with E-state index in [0.29, 0.717) is 5.56 Å². The number of carbonyl (C=O) groups is 1. The maximum atomic E-state index is 13.6. The lowest BCUT2D eigenvalue weighted by Gasteiger charge is -2.14. The minimum Gasteiger partial charge on any atom is -0.487 e. The lowest BCUT2D eigenvalue weighted by Crippen LogP contribution is -2.16. The zero-order valence-corrected chi connectivity index (χ0v) is 10.4. The second-order valence-corrected chi connectivity index (χ2v) is 4.16. The van der Waals surface area contributed by atoms with Crippen LogP contribution >= 0.6 is 0 Å². The quantitative estimate of drug-likeness (QED) is 0.599. The summed E-state index contributed by atoms with van der Waals surface area (Å²) in [6.07, 6.45) is -0.312. The van der Waals surface area contributed by atoms with Gasteiger partial charge in [-0.15, -0.1) is 0 Å². The summed E-state index contributed by atoms with van der Waals surface area (Å²) < 4.78 is 18.8. The number of hydrogen-bond acceptors (Lipinski definition) is 4. The number of Topliss-reactive ketones (excluding diaryl/α,β-unsaturated/α-hetero) is 1. The third-order valence-corrected chi connectivity index (χ3v) is 2.35. The molecule has 0 N–H and O–H groups in total. The summed E-state index contributed by atoms with van der Waals surface area (Å²) in [4.78, 5) is 20.8. The van der Waals surface area contributed by atoms with Gasteiger partial charge in [-0.2, -0.15) is 0 Å². The molecule has 5 nitrogen and oxygen atoms in total. The molecule has 98 valence electrons. The van der Waals surface area contributed by atoms with Gasteiger partial charge < -0.3 is 4.74 Å². The number of rotatable bonds is 5. The molecule has 0 saturated carbocycles. The van der Waals surface area contributed by atoms with Gasteiger partial charge in [0.2, 0.25) is 0 Å². The average molecular weight is 255 g/mol. The fourth-order valence-corrected chi connectivity index (χ4v) is 1.59. The van der Waals surface area contributed by atoms with Crippen LogP contribution in [0.25, 0.3) is 0 Å². The number of nitro benzene ring substituents is 1. The maximum absolute atomic E-state index is 13.6. The Balaban J connectivity index is 2.94. The number of nitrogens with zero attached hydrogens (tertiary/aromatic N) is 1. The van der Waals surface area contributed by atoms with Gasteiger partial charge in [0.25, 0.3) is 5.69 Å². The van der Waals surface area contributed by atoms with Crippen LogP contribution in [0.3, 0.4) is 0 Å². The van der Waals surface area contributed by atoms with E-state index in [2.05, 4.69) is 0 Å². The SMILES string of the molecule is CC(=O)CC(C)Oc1cc(C)c([N+](=O)[O-])cc1F. The molecule has 1 aromatic carbocycles. The number of aryl methyl sites for hydroxylation is 1. The van der Waals surface area contributed by atoms with Crippen molar-refractivity contribution < 1.29 is 18.8 Å². The van der Waals surface area contributed by atoms with E-state index in [1.165, 1.54) is 19.9 Å². The summed E-state index contributed by atoms with van der Waals surface area (Å²) in [6, 6.07) is 2.09. The van der Waals surface area contributed by atoms with Crippen molar-refractivity contribution in [1.82, 2.24) is 0 Å². The monoisotopic (exact) mass is 255 g/mol. The molecule has 1 aromatic rings. The summed E-state index contributed by atoms with van der Waals surface area (Å²) >= 11 is 0. The molecule has 1 atom stereocenters. The zero-order valence-electron chi connectivity index (χ0n) is 10.4. The zero-order chi connectivity index (χ0) is 13.9. The molecule has 6 heteroatoms. The summed E-state index contributed by atoms with van der Waals surface area (Å²) in [5.74, 6) is -0.948. The van der Waals surface area contributed by atoms with E-state index in [1.54, 1.807) is 6.92 Å². The lowest BCUT2D eigenvalue weighted by atomic mass is 10.1. The Morgan fingerprint density at radius 1 is 1.56 bits per heavy atom. The molecule has 0 spiro atoms. The van der Waals surface area contributed by atoms with Crippen LogP contribution in [0.15, 0.2) is 12.1 Å². The molecule has 0 radical (unpaired) electrons. The number of ether oxygens (including phenoxy) is 1. The number of carbonyl (C=O) groups excluding carboxylic acids is 1. The van der Waals surface area contributed by atoms with Gasteiger partial charge >= 0.3 is 0 Å². The van der Waals surface area contributed by atoms with E-state index in [1.807, 2.05) is 0 Å². The van der Waals surface area contributed by atoms with Crippen molar-refractivity contribution in [3.8, 4) is 5.75 Å². The fourth-order valence-electron chi connectivity index (χ4n) is 1.59. The van der Waals surface area contributed by atoms with Gasteiger partial charge in [-0.3, -0.25) is 14.9 Å². The predicted octanol–water partition coefficient (Wildman–Crippen LogP) is 2.79. The first-order valence-corrected chi connectivity index (χ1v) is 5.42. The molecule has 0 aliphatic heterocycles. The van der Waals surface area contributed by atoms with E-state index in [9.17, 15) is 19.3 Å². The predicted molar refractivity (Wildman–Crippen MR) is 63.2 cm³/mol. The van der Waals surface area contributed by atoms with E-state index in [0.717, 1.165) is 6.07 Å². The first-order valence-electron chi connectivity index (χ1n) is 5.42. The molecule has 0 saturated heterocycles.